The second kappa shape index (κ2) is 6.73. The van der Waals surface area contributed by atoms with Gasteiger partial charge in [-0.1, -0.05) is 0 Å². The zero-order valence-corrected chi connectivity index (χ0v) is 14.8. The lowest BCUT2D eigenvalue weighted by molar-refractivity contribution is 0.448. The van der Waals surface area contributed by atoms with Crippen LogP contribution in [0.1, 0.15) is 0 Å². The van der Waals surface area contributed by atoms with E-state index in [-0.39, 0.29) is 33.4 Å². The summed E-state index contributed by atoms with van der Waals surface area (Å²) in [6.07, 6.45) is 4.11. The Bertz CT molecular complexity index is 1240. The number of fused-ring (bicyclic) bond motifs is 1. The lowest BCUT2D eigenvalue weighted by Gasteiger charge is -2.05. The molecule has 0 aliphatic rings. The van der Waals surface area contributed by atoms with Crippen LogP contribution in [0.4, 0.5) is 13.2 Å². The molecule has 142 valence electrons. The SMILES string of the molecule is C[S+]([O-])c1nc2c(-c3cc(F)c(F)c(F)c3)c(-c3ncccn3)nn2c(=O)[nH]1. The molecule has 8 nitrogen and oxygen atoms in total. The quantitative estimate of drug-likeness (QED) is 0.409. The van der Waals surface area contributed by atoms with Crippen LogP contribution in [0.15, 0.2) is 40.5 Å². The normalized spacial score (nSPS) is 12.5. The first-order valence-corrected chi connectivity index (χ1v) is 9.21. The molecule has 0 saturated carbocycles. The standard InChI is InChI=1S/C16H9F3N6O2S/c1-28(27)15-22-14-10(7-5-8(17)11(19)9(18)6-7)12(13-20-3-2-4-21-13)24-25(14)16(26)23-15/h2-6H,1H3,(H,22,23,26). The smallest absolute Gasteiger partial charge is 0.353 e. The number of H-pyrrole nitrogens is 1. The molecule has 1 N–H and O–H groups in total. The van der Waals surface area contributed by atoms with Gasteiger partial charge in [-0.3, -0.25) is 0 Å². The molecule has 0 saturated heterocycles. The number of aromatic amines is 1. The predicted molar refractivity (Wildman–Crippen MR) is 92.3 cm³/mol. The first kappa shape index (κ1) is 18.1. The van der Waals surface area contributed by atoms with Gasteiger partial charge in [0.25, 0.3) is 0 Å². The van der Waals surface area contributed by atoms with Gasteiger partial charge < -0.3 is 4.55 Å². The van der Waals surface area contributed by atoms with Gasteiger partial charge in [0.1, 0.15) is 11.9 Å². The number of rotatable bonds is 3. The van der Waals surface area contributed by atoms with Crippen molar-refractivity contribution < 1.29 is 17.7 Å². The average molecular weight is 406 g/mol. The third-order valence-electron chi connectivity index (χ3n) is 3.80. The molecule has 0 aliphatic heterocycles. The summed E-state index contributed by atoms with van der Waals surface area (Å²) in [6, 6.07) is 3.03. The van der Waals surface area contributed by atoms with Crippen LogP contribution >= 0.6 is 0 Å². The van der Waals surface area contributed by atoms with Gasteiger partial charge in [-0.05, 0) is 23.8 Å². The van der Waals surface area contributed by atoms with Crippen LogP contribution in [-0.4, -0.2) is 40.4 Å². The van der Waals surface area contributed by atoms with E-state index in [1.807, 2.05) is 0 Å². The molecular formula is C16H9F3N6O2S. The van der Waals surface area contributed by atoms with Crippen molar-refractivity contribution in [2.75, 3.05) is 6.26 Å². The molecule has 0 bridgehead atoms. The Labute approximate surface area is 157 Å². The van der Waals surface area contributed by atoms with Crippen LogP contribution in [0.3, 0.4) is 0 Å². The van der Waals surface area contributed by atoms with Gasteiger partial charge in [0.05, 0.1) is 5.56 Å². The first-order chi connectivity index (χ1) is 13.4. The zero-order chi connectivity index (χ0) is 20.0. The summed E-state index contributed by atoms with van der Waals surface area (Å²) in [5, 5.41) is 3.92. The molecule has 0 spiro atoms. The topological polar surface area (TPSA) is 112 Å². The fourth-order valence-electron chi connectivity index (χ4n) is 2.60. The van der Waals surface area contributed by atoms with Crippen molar-refractivity contribution in [3.05, 3.63) is 58.5 Å². The Kier molecular flexibility index (Phi) is 4.35. The summed E-state index contributed by atoms with van der Waals surface area (Å²) >= 11 is -1.65. The maximum atomic E-state index is 13.8. The highest BCUT2D eigenvalue weighted by Gasteiger charge is 2.25. The fraction of sp³-hybridized carbons (Fsp3) is 0.0625. The van der Waals surface area contributed by atoms with Gasteiger partial charge in [0, 0.05) is 23.6 Å². The summed E-state index contributed by atoms with van der Waals surface area (Å²) in [4.78, 5) is 26.8. The van der Waals surface area contributed by atoms with Crippen molar-refractivity contribution in [3.63, 3.8) is 0 Å². The van der Waals surface area contributed by atoms with Crippen molar-refractivity contribution >= 4 is 16.8 Å². The number of halogens is 3. The molecule has 3 aromatic heterocycles. The van der Waals surface area contributed by atoms with E-state index in [4.69, 9.17) is 0 Å². The van der Waals surface area contributed by atoms with Crippen LogP contribution in [-0.2, 0) is 11.2 Å². The third kappa shape index (κ3) is 2.92. The van der Waals surface area contributed by atoms with E-state index in [0.717, 1.165) is 16.6 Å². The highest BCUT2D eigenvalue weighted by atomic mass is 32.2. The summed E-state index contributed by atoms with van der Waals surface area (Å²) in [7, 11) is 0. The summed E-state index contributed by atoms with van der Waals surface area (Å²) in [5.41, 5.74) is -1.08. The van der Waals surface area contributed by atoms with Gasteiger partial charge in [0.2, 0.25) is 0 Å². The monoisotopic (exact) mass is 406 g/mol. The second-order valence-electron chi connectivity index (χ2n) is 5.59. The Morgan fingerprint density at radius 1 is 1.14 bits per heavy atom. The van der Waals surface area contributed by atoms with E-state index < -0.39 is 34.3 Å². The Morgan fingerprint density at radius 3 is 2.39 bits per heavy atom. The molecule has 1 aromatic carbocycles. The number of aromatic nitrogens is 6. The Morgan fingerprint density at radius 2 is 1.79 bits per heavy atom. The minimum atomic E-state index is -1.65. The predicted octanol–water partition coefficient (Wildman–Crippen LogP) is 1.70. The van der Waals surface area contributed by atoms with Gasteiger partial charge in [-0.15, -0.1) is 0 Å². The van der Waals surface area contributed by atoms with Crippen molar-refractivity contribution in [2.24, 2.45) is 0 Å². The maximum absolute atomic E-state index is 13.8. The Balaban J connectivity index is 2.14. The average Bonchev–Trinajstić information content (AvgIpc) is 3.06. The van der Waals surface area contributed by atoms with E-state index in [9.17, 15) is 22.5 Å². The van der Waals surface area contributed by atoms with E-state index in [0.29, 0.717) is 0 Å². The molecule has 0 radical (unpaired) electrons. The maximum Gasteiger partial charge on any atom is 0.353 e. The fourth-order valence-corrected chi connectivity index (χ4v) is 3.05. The second-order valence-corrected chi connectivity index (χ2v) is 6.88. The molecule has 1 atom stereocenters. The lowest BCUT2D eigenvalue weighted by Crippen LogP contribution is -2.22. The summed E-state index contributed by atoms with van der Waals surface area (Å²) in [5.74, 6) is -4.46. The number of benzene rings is 1. The van der Waals surface area contributed by atoms with Gasteiger partial charge >= 0.3 is 10.8 Å². The van der Waals surface area contributed by atoms with Crippen molar-refractivity contribution in [1.82, 2.24) is 29.5 Å². The highest BCUT2D eigenvalue weighted by Crippen LogP contribution is 2.33. The van der Waals surface area contributed by atoms with Crippen molar-refractivity contribution in [3.8, 4) is 22.6 Å². The molecule has 3 heterocycles. The van der Waals surface area contributed by atoms with Gasteiger partial charge in [0.15, 0.2) is 28.9 Å². The first-order valence-electron chi connectivity index (χ1n) is 7.65. The molecule has 0 aliphatic carbocycles. The number of nitrogens with one attached hydrogen (secondary N) is 1. The minimum Gasteiger partial charge on any atom is -0.609 e. The highest BCUT2D eigenvalue weighted by molar-refractivity contribution is 7.90. The van der Waals surface area contributed by atoms with Crippen LogP contribution < -0.4 is 5.69 Å². The Hall–Kier alpha value is -3.25. The van der Waals surface area contributed by atoms with E-state index in [2.05, 4.69) is 25.0 Å². The number of hydrogen-bond acceptors (Lipinski definition) is 6. The number of hydrogen-bond donors (Lipinski definition) is 1. The molecule has 4 aromatic rings. The number of nitrogens with zero attached hydrogens (tertiary/aromatic N) is 5. The minimum absolute atomic E-state index is 0.0111. The summed E-state index contributed by atoms with van der Waals surface area (Å²) in [6.45, 7) is 0. The lowest BCUT2D eigenvalue weighted by atomic mass is 10.0. The van der Waals surface area contributed by atoms with Crippen molar-refractivity contribution in [1.29, 1.82) is 0 Å². The summed E-state index contributed by atoms with van der Waals surface area (Å²) < 4.78 is 53.7. The van der Waals surface area contributed by atoms with Crippen molar-refractivity contribution in [2.45, 2.75) is 5.16 Å². The molecular weight excluding hydrogens is 397 g/mol. The molecule has 0 amide bonds. The molecule has 12 heteroatoms. The third-order valence-corrected chi connectivity index (χ3v) is 4.53. The van der Waals surface area contributed by atoms with Gasteiger partial charge in [-0.25, -0.2) is 32.9 Å². The van der Waals surface area contributed by atoms with E-state index >= 15 is 0 Å². The largest absolute Gasteiger partial charge is 0.609 e. The molecule has 4 rings (SSSR count). The zero-order valence-electron chi connectivity index (χ0n) is 14.0. The molecule has 28 heavy (non-hydrogen) atoms. The van der Waals surface area contributed by atoms with Crippen LogP contribution in [0.2, 0.25) is 0 Å². The van der Waals surface area contributed by atoms with Gasteiger partial charge in [-0.2, -0.15) is 14.6 Å². The van der Waals surface area contributed by atoms with E-state index in [1.54, 1.807) is 6.07 Å². The molecule has 1 unspecified atom stereocenters. The van der Waals surface area contributed by atoms with Crippen LogP contribution in [0, 0.1) is 17.5 Å². The van der Waals surface area contributed by atoms with Crippen LogP contribution in [0.25, 0.3) is 28.3 Å². The van der Waals surface area contributed by atoms with E-state index in [1.165, 1.54) is 18.6 Å². The molecule has 0 fully saturated rings. The van der Waals surface area contributed by atoms with Crippen LogP contribution in [0.5, 0.6) is 0 Å².